The van der Waals surface area contributed by atoms with Gasteiger partial charge < -0.3 is 15.3 Å². The quantitative estimate of drug-likeness (QED) is 0.642. The molecule has 0 aromatic heterocycles. The number of nitrogens with zero attached hydrogens (tertiary/aromatic N) is 1. The van der Waals surface area contributed by atoms with Crippen LogP contribution in [0.3, 0.4) is 0 Å². The van der Waals surface area contributed by atoms with Crippen LogP contribution in [0.15, 0.2) is 0 Å². The summed E-state index contributed by atoms with van der Waals surface area (Å²) in [5.41, 5.74) is 0. The van der Waals surface area contributed by atoms with E-state index in [2.05, 4.69) is 11.6 Å². The van der Waals surface area contributed by atoms with Gasteiger partial charge in [-0.1, -0.05) is 6.42 Å². The number of amides is 2. The maximum atomic E-state index is 11.9. The van der Waals surface area contributed by atoms with Gasteiger partial charge in [-0.2, -0.15) is 11.8 Å². The number of nitrogens with one attached hydrogen (secondary N) is 1. The minimum absolute atomic E-state index is 0.00712. The molecule has 0 aliphatic carbocycles. The number of carbonyl (C=O) groups excluding carboxylic acids is 1. The number of hydrogen-bond acceptors (Lipinski definition) is 3. The Bertz CT molecular complexity index is 313. The van der Waals surface area contributed by atoms with E-state index in [9.17, 15) is 9.59 Å². The number of rotatable bonds is 9. The fourth-order valence-electron chi connectivity index (χ4n) is 2.44. The van der Waals surface area contributed by atoms with Gasteiger partial charge in [0.15, 0.2) is 0 Å². The first-order valence-corrected chi connectivity index (χ1v) is 8.76. The van der Waals surface area contributed by atoms with Crippen LogP contribution in [-0.4, -0.2) is 53.6 Å². The Balaban J connectivity index is 2.07. The minimum atomic E-state index is -0.752. The van der Waals surface area contributed by atoms with E-state index in [-0.39, 0.29) is 12.5 Å². The van der Waals surface area contributed by atoms with Crippen molar-refractivity contribution in [1.82, 2.24) is 10.2 Å². The number of thioether (sulfide) groups is 1. The van der Waals surface area contributed by atoms with E-state index < -0.39 is 5.97 Å². The van der Waals surface area contributed by atoms with Crippen molar-refractivity contribution in [3.63, 3.8) is 0 Å². The molecule has 5 nitrogen and oxygen atoms in total. The summed E-state index contributed by atoms with van der Waals surface area (Å²) in [6.07, 6.45) is 7.30. The average Bonchev–Trinajstić information content (AvgIpc) is 2.89. The number of carboxylic acids is 1. The summed E-state index contributed by atoms with van der Waals surface area (Å²) in [6.45, 7) is 2.19. The highest BCUT2D eigenvalue weighted by molar-refractivity contribution is 7.98. The van der Waals surface area contributed by atoms with Crippen molar-refractivity contribution in [2.45, 2.75) is 38.5 Å². The van der Waals surface area contributed by atoms with Crippen molar-refractivity contribution in [1.29, 1.82) is 0 Å². The normalized spacial score (nSPS) is 18.2. The van der Waals surface area contributed by atoms with Gasteiger partial charge in [-0.15, -0.1) is 0 Å². The summed E-state index contributed by atoms with van der Waals surface area (Å²) < 4.78 is 0. The summed E-state index contributed by atoms with van der Waals surface area (Å²) in [4.78, 5) is 24.3. The van der Waals surface area contributed by atoms with Crippen molar-refractivity contribution in [3.8, 4) is 0 Å². The number of unbranched alkanes of at least 4 members (excludes halogenated alkanes) is 2. The smallest absolute Gasteiger partial charge is 0.317 e. The zero-order valence-electron chi connectivity index (χ0n) is 12.3. The van der Waals surface area contributed by atoms with Crippen molar-refractivity contribution < 1.29 is 14.7 Å². The number of carboxylic acid groups (broad SMARTS) is 1. The van der Waals surface area contributed by atoms with Crippen LogP contribution in [0.25, 0.3) is 0 Å². The molecule has 1 aliphatic heterocycles. The number of carbonyl (C=O) groups is 2. The van der Waals surface area contributed by atoms with Gasteiger partial charge in [0.1, 0.15) is 0 Å². The molecule has 1 unspecified atom stereocenters. The molecule has 2 N–H and O–H groups in total. The average molecular weight is 302 g/mol. The van der Waals surface area contributed by atoms with E-state index in [0.717, 1.165) is 32.4 Å². The maximum Gasteiger partial charge on any atom is 0.317 e. The Morgan fingerprint density at radius 1 is 1.35 bits per heavy atom. The topological polar surface area (TPSA) is 69.6 Å². The second kappa shape index (κ2) is 9.91. The molecule has 6 heteroatoms. The molecule has 0 radical (unpaired) electrons. The van der Waals surface area contributed by atoms with Crippen molar-refractivity contribution >= 4 is 23.8 Å². The standard InChI is InChI=1S/C14H26N2O3S/c1-20-10-4-2-3-8-15-14(19)16-9-7-12(11-16)5-6-13(17)18/h12H,2-11H2,1H3,(H,15,19)(H,17,18). The fraction of sp³-hybridized carbons (Fsp3) is 0.857. The lowest BCUT2D eigenvalue weighted by molar-refractivity contribution is -0.137. The predicted octanol–water partition coefficient (Wildman–Crippen LogP) is 2.42. The van der Waals surface area contributed by atoms with E-state index in [4.69, 9.17) is 5.11 Å². The highest BCUT2D eigenvalue weighted by Gasteiger charge is 2.26. The third kappa shape index (κ3) is 7.03. The van der Waals surface area contributed by atoms with Crippen molar-refractivity contribution in [2.75, 3.05) is 31.6 Å². The van der Waals surface area contributed by atoms with Crippen LogP contribution in [0.5, 0.6) is 0 Å². The molecule has 0 saturated carbocycles. The molecule has 20 heavy (non-hydrogen) atoms. The Morgan fingerprint density at radius 2 is 2.15 bits per heavy atom. The number of urea groups is 1. The molecule has 1 saturated heterocycles. The SMILES string of the molecule is CSCCCCCNC(=O)N1CCC(CCC(=O)O)C1. The fourth-order valence-corrected chi connectivity index (χ4v) is 2.93. The van der Waals surface area contributed by atoms with E-state index in [0.29, 0.717) is 18.9 Å². The van der Waals surface area contributed by atoms with E-state index in [1.807, 2.05) is 16.7 Å². The molecular weight excluding hydrogens is 276 g/mol. The zero-order chi connectivity index (χ0) is 14.8. The van der Waals surface area contributed by atoms with Gasteiger partial charge in [-0.25, -0.2) is 4.79 Å². The Kier molecular flexibility index (Phi) is 8.49. The first-order chi connectivity index (χ1) is 9.63. The Labute approximate surface area is 125 Å². The molecule has 0 aromatic carbocycles. The monoisotopic (exact) mass is 302 g/mol. The van der Waals surface area contributed by atoms with Crippen LogP contribution < -0.4 is 5.32 Å². The molecule has 0 bridgehead atoms. The predicted molar refractivity (Wildman–Crippen MR) is 82.2 cm³/mol. The number of hydrogen-bond donors (Lipinski definition) is 2. The first kappa shape index (κ1) is 17.1. The van der Waals surface area contributed by atoms with Gasteiger partial charge >= 0.3 is 12.0 Å². The molecular formula is C14H26N2O3S. The second-order valence-corrected chi connectivity index (χ2v) is 6.30. The third-order valence-electron chi connectivity index (χ3n) is 3.64. The molecule has 0 aromatic rings. The van der Waals surface area contributed by atoms with Crippen molar-refractivity contribution in [2.24, 2.45) is 5.92 Å². The summed E-state index contributed by atoms with van der Waals surface area (Å²) in [6, 6.07) is 0.00712. The summed E-state index contributed by atoms with van der Waals surface area (Å²) in [5.74, 6) is 0.780. The van der Waals surface area contributed by atoms with Crippen LogP contribution in [0.2, 0.25) is 0 Å². The first-order valence-electron chi connectivity index (χ1n) is 7.37. The summed E-state index contributed by atoms with van der Waals surface area (Å²) in [5, 5.41) is 11.6. The Hall–Kier alpha value is -0.910. The number of aliphatic carboxylic acids is 1. The van der Waals surface area contributed by atoms with E-state index in [1.54, 1.807) is 0 Å². The van der Waals surface area contributed by atoms with Gasteiger partial charge in [0.25, 0.3) is 0 Å². The highest BCUT2D eigenvalue weighted by Crippen LogP contribution is 2.20. The van der Waals surface area contributed by atoms with Gasteiger partial charge in [-0.3, -0.25) is 4.79 Å². The molecule has 1 aliphatic rings. The van der Waals surface area contributed by atoms with Crippen LogP contribution in [0.4, 0.5) is 4.79 Å². The van der Waals surface area contributed by atoms with Crippen LogP contribution in [-0.2, 0) is 4.79 Å². The second-order valence-electron chi connectivity index (χ2n) is 5.32. The minimum Gasteiger partial charge on any atom is -0.481 e. The lowest BCUT2D eigenvalue weighted by atomic mass is 10.0. The van der Waals surface area contributed by atoms with Crippen molar-refractivity contribution in [3.05, 3.63) is 0 Å². The zero-order valence-corrected chi connectivity index (χ0v) is 13.1. The van der Waals surface area contributed by atoms with Gasteiger partial charge in [-0.05, 0) is 43.6 Å². The Morgan fingerprint density at radius 3 is 2.85 bits per heavy atom. The van der Waals surface area contributed by atoms with Crippen LogP contribution in [0.1, 0.15) is 38.5 Å². The van der Waals surface area contributed by atoms with Gasteiger partial charge in [0.05, 0.1) is 0 Å². The molecule has 2 amide bonds. The highest BCUT2D eigenvalue weighted by atomic mass is 32.2. The maximum absolute atomic E-state index is 11.9. The number of likely N-dealkylation sites (tertiary alicyclic amines) is 1. The molecule has 1 rings (SSSR count). The third-order valence-corrected chi connectivity index (χ3v) is 4.34. The molecule has 1 heterocycles. The molecule has 1 atom stereocenters. The molecule has 116 valence electrons. The van der Waals surface area contributed by atoms with Crippen LogP contribution in [0, 0.1) is 5.92 Å². The van der Waals surface area contributed by atoms with E-state index >= 15 is 0 Å². The van der Waals surface area contributed by atoms with Gasteiger partial charge in [0, 0.05) is 26.1 Å². The molecule has 0 spiro atoms. The summed E-state index contributed by atoms with van der Waals surface area (Å²) in [7, 11) is 0. The largest absolute Gasteiger partial charge is 0.481 e. The van der Waals surface area contributed by atoms with Crippen LogP contribution >= 0.6 is 11.8 Å². The summed E-state index contributed by atoms with van der Waals surface area (Å²) >= 11 is 1.86. The lowest BCUT2D eigenvalue weighted by Crippen LogP contribution is -2.38. The lowest BCUT2D eigenvalue weighted by Gasteiger charge is -2.17. The van der Waals surface area contributed by atoms with E-state index in [1.165, 1.54) is 12.2 Å². The van der Waals surface area contributed by atoms with Gasteiger partial charge in [0.2, 0.25) is 0 Å². The molecule has 1 fully saturated rings.